The fraction of sp³-hybridized carbons (Fsp3) is 1.00. The minimum absolute atomic E-state index is 0. The average molecular weight is 262 g/mol. The van der Waals surface area contributed by atoms with E-state index >= 15 is 0 Å². The first kappa shape index (κ1) is 17.1. The quantitative estimate of drug-likeness (QED) is 0.412. The number of hydrogen-bond donors (Lipinski definition) is 1. The molecule has 14 heavy (non-hydrogen) atoms. The Bertz CT molecular complexity index is 162. The van der Waals surface area contributed by atoms with Crippen LogP contribution in [0, 0.1) is 0 Å². The summed E-state index contributed by atoms with van der Waals surface area (Å²) in [6, 6.07) is 0. The second kappa shape index (κ2) is 10.2. The summed E-state index contributed by atoms with van der Waals surface area (Å²) in [6.07, 6.45) is 7.36. The minimum Gasteiger partial charge on any atom is -0.344 e. The van der Waals surface area contributed by atoms with Crippen LogP contribution in [0.1, 0.15) is 52.4 Å². The van der Waals surface area contributed by atoms with Crippen LogP contribution < -0.4 is 0 Å². The molecule has 0 fully saturated rings. The number of hydrogen-bond acceptors (Lipinski definition) is 1. The Hall–Kier alpha value is 0.709. The molecule has 0 heterocycles. The molecule has 0 aromatic rings. The SMILES string of the molecule is CCCCCCP(=O)(O)CCCC.[Fe]. The third-order valence-corrected chi connectivity index (χ3v) is 4.25. The summed E-state index contributed by atoms with van der Waals surface area (Å²) in [4.78, 5) is 9.50. The largest absolute Gasteiger partial charge is 0.344 e. The fourth-order valence-electron chi connectivity index (χ4n) is 1.30. The van der Waals surface area contributed by atoms with E-state index in [9.17, 15) is 9.46 Å². The number of unbranched alkanes of at least 4 members (excludes halogenated alkanes) is 4. The Morgan fingerprint density at radius 3 is 1.93 bits per heavy atom. The Labute approximate surface area is 98.8 Å². The molecule has 0 saturated heterocycles. The first-order valence-corrected chi connectivity index (χ1v) is 7.46. The van der Waals surface area contributed by atoms with E-state index in [0.29, 0.717) is 12.3 Å². The smallest absolute Gasteiger partial charge is 0.200 e. The zero-order chi connectivity index (χ0) is 10.2. The Balaban J connectivity index is 0. The van der Waals surface area contributed by atoms with Crippen LogP contribution in [0.2, 0.25) is 0 Å². The van der Waals surface area contributed by atoms with Crippen LogP contribution in [-0.2, 0) is 21.6 Å². The van der Waals surface area contributed by atoms with Crippen molar-refractivity contribution in [2.75, 3.05) is 12.3 Å². The van der Waals surface area contributed by atoms with Gasteiger partial charge in [0.25, 0.3) is 0 Å². The Morgan fingerprint density at radius 1 is 0.929 bits per heavy atom. The van der Waals surface area contributed by atoms with E-state index in [1.807, 2.05) is 0 Å². The monoisotopic (exact) mass is 262 g/mol. The van der Waals surface area contributed by atoms with Crippen molar-refractivity contribution in [2.24, 2.45) is 0 Å². The third-order valence-electron chi connectivity index (χ3n) is 2.22. The molecule has 2 nitrogen and oxygen atoms in total. The molecule has 1 atom stereocenters. The van der Waals surface area contributed by atoms with Crippen LogP contribution in [-0.4, -0.2) is 17.2 Å². The molecule has 0 radical (unpaired) electrons. The number of rotatable bonds is 8. The second-order valence-electron chi connectivity index (χ2n) is 3.71. The molecule has 0 aromatic heterocycles. The summed E-state index contributed by atoms with van der Waals surface area (Å²) >= 11 is 0. The van der Waals surface area contributed by atoms with Crippen molar-refractivity contribution < 1.29 is 26.5 Å². The van der Waals surface area contributed by atoms with E-state index in [2.05, 4.69) is 13.8 Å². The molecule has 0 aliphatic rings. The average Bonchev–Trinajstić information content (AvgIpc) is 2.09. The summed E-state index contributed by atoms with van der Waals surface area (Å²) in [5.74, 6) is 0. The maximum absolute atomic E-state index is 11.5. The van der Waals surface area contributed by atoms with Gasteiger partial charge in [-0.15, -0.1) is 0 Å². The standard InChI is InChI=1S/C10H23O2P.Fe/c1-3-5-7-8-10-13(11,12)9-6-4-2;/h3-10H2,1-2H3,(H,11,12);. The van der Waals surface area contributed by atoms with Crippen LogP contribution >= 0.6 is 7.37 Å². The van der Waals surface area contributed by atoms with Crippen LogP contribution in [0.5, 0.6) is 0 Å². The summed E-state index contributed by atoms with van der Waals surface area (Å²) in [5, 5.41) is 0. The van der Waals surface area contributed by atoms with Crippen molar-refractivity contribution in [3.05, 3.63) is 0 Å². The van der Waals surface area contributed by atoms with E-state index in [4.69, 9.17) is 0 Å². The molecule has 88 valence electrons. The molecule has 0 rings (SSSR count). The molecule has 0 spiro atoms. The summed E-state index contributed by atoms with van der Waals surface area (Å²) in [7, 11) is -2.75. The predicted molar refractivity (Wildman–Crippen MR) is 58.6 cm³/mol. The molecule has 0 saturated carbocycles. The first-order valence-electron chi connectivity index (χ1n) is 5.43. The third kappa shape index (κ3) is 10.8. The van der Waals surface area contributed by atoms with Crippen LogP contribution in [0.15, 0.2) is 0 Å². The van der Waals surface area contributed by atoms with Gasteiger partial charge in [0.1, 0.15) is 0 Å². The van der Waals surface area contributed by atoms with Gasteiger partial charge in [0, 0.05) is 29.4 Å². The summed E-state index contributed by atoms with van der Waals surface area (Å²) < 4.78 is 11.5. The molecule has 0 bridgehead atoms. The maximum Gasteiger partial charge on any atom is 0.200 e. The van der Waals surface area contributed by atoms with E-state index in [1.165, 1.54) is 12.8 Å². The van der Waals surface area contributed by atoms with Gasteiger partial charge in [0.05, 0.1) is 0 Å². The first-order chi connectivity index (χ1) is 6.12. The van der Waals surface area contributed by atoms with E-state index in [-0.39, 0.29) is 17.1 Å². The molecular weight excluding hydrogens is 239 g/mol. The van der Waals surface area contributed by atoms with Crippen LogP contribution in [0.4, 0.5) is 0 Å². The molecule has 0 amide bonds. The van der Waals surface area contributed by atoms with Crippen molar-refractivity contribution in [1.29, 1.82) is 0 Å². The van der Waals surface area contributed by atoms with Gasteiger partial charge in [-0.25, -0.2) is 0 Å². The molecule has 4 heteroatoms. The summed E-state index contributed by atoms with van der Waals surface area (Å²) in [6.45, 7) is 4.20. The van der Waals surface area contributed by atoms with Gasteiger partial charge in [-0.2, -0.15) is 0 Å². The Kier molecular flexibility index (Phi) is 12.5. The topological polar surface area (TPSA) is 37.3 Å². The van der Waals surface area contributed by atoms with Crippen LogP contribution in [0.3, 0.4) is 0 Å². The maximum atomic E-state index is 11.5. The van der Waals surface area contributed by atoms with Crippen molar-refractivity contribution in [1.82, 2.24) is 0 Å². The van der Waals surface area contributed by atoms with E-state index in [1.54, 1.807) is 0 Å². The van der Waals surface area contributed by atoms with Gasteiger partial charge >= 0.3 is 0 Å². The van der Waals surface area contributed by atoms with Gasteiger partial charge in [0.2, 0.25) is 7.37 Å². The fourth-order valence-corrected chi connectivity index (χ4v) is 3.05. The second-order valence-corrected chi connectivity index (χ2v) is 6.29. The molecule has 0 aromatic carbocycles. The van der Waals surface area contributed by atoms with Crippen molar-refractivity contribution in [3.63, 3.8) is 0 Å². The molecule has 0 aliphatic heterocycles. The van der Waals surface area contributed by atoms with Crippen LogP contribution in [0.25, 0.3) is 0 Å². The molecular formula is C10H23FeO2P. The summed E-state index contributed by atoms with van der Waals surface area (Å²) in [5.41, 5.74) is 0. The molecule has 0 aliphatic carbocycles. The van der Waals surface area contributed by atoms with E-state index in [0.717, 1.165) is 25.7 Å². The van der Waals surface area contributed by atoms with Gasteiger partial charge in [-0.1, -0.05) is 39.5 Å². The molecule has 1 N–H and O–H groups in total. The zero-order valence-electron chi connectivity index (χ0n) is 9.31. The van der Waals surface area contributed by atoms with Crippen molar-refractivity contribution >= 4 is 7.37 Å². The normalized spacial score (nSPS) is 14.5. The predicted octanol–water partition coefficient (Wildman–Crippen LogP) is 3.63. The minimum atomic E-state index is -2.75. The van der Waals surface area contributed by atoms with Gasteiger partial charge in [-0.3, -0.25) is 4.57 Å². The van der Waals surface area contributed by atoms with Crippen molar-refractivity contribution in [2.45, 2.75) is 52.4 Å². The van der Waals surface area contributed by atoms with Gasteiger partial charge in [0.15, 0.2) is 0 Å². The van der Waals surface area contributed by atoms with Gasteiger partial charge < -0.3 is 4.89 Å². The Morgan fingerprint density at radius 2 is 1.43 bits per heavy atom. The van der Waals surface area contributed by atoms with Gasteiger partial charge in [-0.05, 0) is 12.8 Å². The molecule has 1 unspecified atom stereocenters. The van der Waals surface area contributed by atoms with E-state index < -0.39 is 7.37 Å². The van der Waals surface area contributed by atoms with Crippen molar-refractivity contribution in [3.8, 4) is 0 Å². The zero-order valence-corrected chi connectivity index (χ0v) is 11.3.